The van der Waals surface area contributed by atoms with E-state index in [-0.39, 0.29) is 48.9 Å². The van der Waals surface area contributed by atoms with Crippen molar-refractivity contribution in [2.24, 2.45) is 33.5 Å². The Morgan fingerprint density at radius 1 is 0.692 bits per heavy atom. The molecule has 78 heavy (non-hydrogen) atoms. The lowest BCUT2D eigenvalue weighted by atomic mass is 9.79. The zero-order chi connectivity index (χ0) is 55.2. The predicted molar refractivity (Wildman–Crippen MR) is 302 cm³/mol. The number of carbonyl (C=O) groups is 5. The highest BCUT2D eigenvalue weighted by Crippen LogP contribution is 2.42. The van der Waals surface area contributed by atoms with Gasteiger partial charge in [-0.15, -0.1) is 0 Å². The first kappa shape index (κ1) is 54.8. The Kier molecular flexibility index (Phi) is 17.0. The van der Waals surface area contributed by atoms with Crippen molar-refractivity contribution < 1.29 is 42.9 Å². The number of piperazine rings is 1. The summed E-state index contributed by atoms with van der Waals surface area (Å²) in [6, 6.07) is 21.3. The fourth-order valence-electron chi connectivity index (χ4n) is 10.8. The van der Waals surface area contributed by atoms with Crippen LogP contribution in [-0.2, 0) is 14.4 Å². The molecule has 0 spiro atoms. The number of likely N-dealkylation sites (N-methyl/N-ethyl adjacent to an activating group) is 1. The molecule has 4 aromatic rings. The minimum atomic E-state index is -0.868. The summed E-state index contributed by atoms with van der Waals surface area (Å²) in [5.41, 5.74) is 13.2. The number of anilines is 2. The maximum atomic E-state index is 14.1. The Hall–Kier alpha value is -7.99. The number of aliphatic imine (C=N–C) groups is 2. The monoisotopic (exact) mass is 1060 g/mol. The Labute approximate surface area is 456 Å². The summed E-state index contributed by atoms with van der Waals surface area (Å²) in [4.78, 5) is 84.8. The number of nitrogens with one attached hydrogen (secondary N) is 2. The molecule has 0 bridgehead atoms. The van der Waals surface area contributed by atoms with Gasteiger partial charge in [-0.25, -0.2) is 0 Å². The van der Waals surface area contributed by atoms with Crippen LogP contribution in [0.2, 0.25) is 0 Å². The van der Waals surface area contributed by atoms with Crippen LogP contribution < -0.4 is 40.2 Å². The summed E-state index contributed by atoms with van der Waals surface area (Å²) in [7, 11) is 5.22. The van der Waals surface area contributed by atoms with Gasteiger partial charge in [-0.05, 0) is 85.0 Å². The van der Waals surface area contributed by atoms with E-state index in [4.69, 9.17) is 34.7 Å². The van der Waals surface area contributed by atoms with Crippen LogP contribution in [0.1, 0.15) is 98.1 Å². The second-order valence-electron chi connectivity index (χ2n) is 21.0. The van der Waals surface area contributed by atoms with Gasteiger partial charge < -0.3 is 54.9 Å². The molecular weight excluding hydrogens is 991 g/mol. The molecule has 0 aromatic heterocycles. The quantitative estimate of drug-likeness (QED) is 0.0677. The molecule has 5 aliphatic rings. The number of hydrogen-bond donors (Lipinski definition) is 3. The molecule has 5 heterocycles. The van der Waals surface area contributed by atoms with Crippen molar-refractivity contribution in [2.75, 3.05) is 70.9 Å². The van der Waals surface area contributed by atoms with Gasteiger partial charge in [0, 0.05) is 99.7 Å². The highest BCUT2D eigenvalue weighted by atomic mass is 16.5. The number of fused-ring (bicyclic) bond motifs is 4. The van der Waals surface area contributed by atoms with Crippen molar-refractivity contribution in [2.45, 2.75) is 84.3 Å². The molecule has 5 aliphatic heterocycles. The van der Waals surface area contributed by atoms with Gasteiger partial charge in [0.1, 0.15) is 6.04 Å². The Balaban J connectivity index is 0.773. The topological polar surface area (TPSA) is 210 Å². The first-order valence-corrected chi connectivity index (χ1v) is 27.0. The van der Waals surface area contributed by atoms with Crippen molar-refractivity contribution in [3.05, 3.63) is 107 Å². The maximum Gasteiger partial charge on any atom is 0.260 e. The fraction of sp³-hybridized carbons (Fsp3) is 0.417. The molecule has 1 fully saturated rings. The Morgan fingerprint density at radius 2 is 1.21 bits per heavy atom. The van der Waals surface area contributed by atoms with E-state index in [1.165, 1.54) is 12.8 Å². The highest BCUT2D eigenvalue weighted by molar-refractivity contribution is 6.07. The van der Waals surface area contributed by atoms with Crippen LogP contribution in [0.25, 0.3) is 11.1 Å². The number of methoxy groups -OCH3 is 2. The van der Waals surface area contributed by atoms with Gasteiger partial charge in [0.25, 0.3) is 11.8 Å². The number of ether oxygens (including phenoxy) is 4. The highest BCUT2D eigenvalue weighted by Gasteiger charge is 2.37. The van der Waals surface area contributed by atoms with Crippen LogP contribution in [0.3, 0.4) is 0 Å². The molecule has 0 radical (unpaired) electrons. The van der Waals surface area contributed by atoms with Crippen molar-refractivity contribution >= 4 is 75.9 Å². The zero-order valence-corrected chi connectivity index (χ0v) is 45.6. The standard InChI is InChI=1S/C60H71N9O9/c1-8-9-11-46(56(61)70)55(36(2)3)58(72)64-37(4)57(71)65-42-16-12-38(13-17-42)40-26-44-32-62-49-30-53(51(75-6)28-47(49)59(73)68(44)34-40)77-24-10-25-78-54-31-50-48(29-52(54)76-7)60(74)69-35-41(27-45(69)33-63-50)39-14-18-43(19-15-39)67-22-20-66(5)21-23-67/h12-19,28-37,44-46,55H,8-11,20-27H2,1-7H3,(H2,61,70)(H,64,72)(H,65,71)/t37-,44-,45-,46?,55-/m0/s1. The largest absolute Gasteiger partial charge is 0.493 e. The van der Waals surface area contributed by atoms with E-state index in [1.54, 1.807) is 66.4 Å². The smallest absolute Gasteiger partial charge is 0.260 e. The number of carbonyl (C=O) groups excluding carboxylic acids is 5. The van der Waals surface area contributed by atoms with Crippen LogP contribution in [0.15, 0.2) is 95.2 Å². The molecule has 0 saturated carbocycles. The first-order chi connectivity index (χ1) is 37.6. The number of hydrogen-bond acceptors (Lipinski definition) is 13. The molecule has 0 aliphatic carbocycles. The molecule has 9 rings (SSSR count). The van der Waals surface area contributed by atoms with Crippen molar-refractivity contribution in [3.8, 4) is 23.0 Å². The number of rotatable bonds is 21. The molecule has 5 atom stereocenters. The molecule has 1 saturated heterocycles. The summed E-state index contributed by atoms with van der Waals surface area (Å²) in [6.45, 7) is 12.0. The number of benzene rings is 4. The van der Waals surface area contributed by atoms with E-state index in [1.807, 2.05) is 51.5 Å². The number of unbranched alkanes of at least 4 members (excludes halogenated alkanes) is 1. The van der Waals surface area contributed by atoms with E-state index in [0.29, 0.717) is 76.9 Å². The third-order valence-corrected chi connectivity index (χ3v) is 15.3. The van der Waals surface area contributed by atoms with E-state index >= 15 is 0 Å². The number of primary amides is 1. The third kappa shape index (κ3) is 11.9. The summed E-state index contributed by atoms with van der Waals surface area (Å²) in [6.07, 6.45) is 11.2. The van der Waals surface area contributed by atoms with Gasteiger partial charge in [0.15, 0.2) is 23.0 Å². The average Bonchev–Trinajstić information content (AvgIpc) is 4.06. The first-order valence-electron chi connectivity index (χ1n) is 27.0. The van der Waals surface area contributed by atoms with E-state index in [2.05, 4.69) is 51.7 Å². The summed E-state index contributed by atoms with van der Waals surface area (Å²) in [5.74, 6) is -1.43. The molecule has 4 aromatic carbocycles. The van der Waals surface area contributed by atoms with Crippen LogP contribution in [0.4, 0.5) is 22.7 Å². The van der Waals surface area contributed by atoms with Crippen LogP contribution in [0, 0.1) is 17.8 Å². The lowest BCUT2D eigenvalue weighted by molar-refractivity contribution is -0.136. The third-order valence-electron chi connectivity index (χ3n) is 15.3. The van der Waals surface area contributed by atoms with Gasteiger partial charge in [-0.3, -0.25) is 34.0 Å². The van der Waals surface area contributed by atoms with E-state index in [9.17, 15) is 24.0 Å². The Morgan fingerprint density at radius 3 is 1.68 bits per heavy atom. The number of nitrogens with two attached hydrogens (primary N) is 1. The second kappa shape index (κ2) is 24.1. The minimum absolute atomic E-state index is 0.153. The molecule has 4 N–H and O–H groups in total. The summed E-state index contributed by atoms with van der Waals surface area (Å²) in [5, 5.41) is 5.66. The van der Waals surface area contributed by atoms with Gasteiger partial charge >= 0.3 is 0 Å². The Bertz CT molecular complexity index is 3030. The molecule has 18 heteroatoms. The maximum absolute atomic E-state index is 14.1. The van der Waals surface area contributed by atoms with Crippen molar-refractivity contribution in [1.29, 1.82) is 0 Å². The van der Waals surface area contributed by atoms with Gasteiger partial charge in [0.05, 0.1) is 67.9 Å². The van der Waals surface area contributed by atoms with Crippen LogP contribution in [0.5, 0.6) is 23.0 Å². The van der Waals surface area contributed by atoms with E-state index in [0.717, 1.165) is 61.3 Å². The van der Waals surface area contributed by atoms with Crippen molar-refractivity contribution in [3.63, 3.8) is 0 Å². The molecule has 18 nitrogen and oxygen atoms in total. The second-order valence-corrected chi connectivity index (χ2v) is 21.0. The molecule has 410 valence electrons. The zero-order valence-electron chi connectivity index (χ0n) is 45.6. The lowest BCUT2D eigenvalue weighted by Crippen LogP contribution is -2.48. The molecular formula is C60H71N9O9. The van der Waals surface area contributed by atoms with Crippen LogP contribution >= 0.6 is 0 Å². The van der Waals surface area contributed by atoms with Crippen molar-refractivity contribution in [1.82, 2.24) is 20.0 Å². The van der Waals surface area contributed by atoms with Gasteiger partial charge in [0.2, 0.25) is 17.7 Å². The molecule has 5 amide bonds. The SMILES string of the molecule is CCCCC(C(N)=O)[C@@H](C(=O)N[C@@H](C)C(=O)Nc1ccc(C2=CN3C(=O)c4cc(OC)c(OCCCOc5cc6c(cc5OC)C(=O)N5C=C(c7ccc(N8CCN(C)CC8)cc7)C[C@H]5C=N6)cc4N=C[C@@H]3C2)cc1)C(C)C. The summed E-state index contributed by atoms with van der Waals surface area (Å²) < 4.78 is 23.8. The number of amides is 5. The minimum Gasteiger partial charge on any atom is -0.493 e. The normalized spacial score (nSPS) is 18.8. The average molecular weight is 1060 g/mol. The van der Waals surface area contributed by atoms with E-state index < -0.39 is 29.7 Å². The summed E-state index contributed by atoms with van der Waals surface area (Å²) >= 11 is 0. The van der Waals surface area contributed by atoms with Gasteiger partial charge in [-0.1, -0.05) is 57.9 Å². The van der Waals surface area contributed by atoms with Gasteiger partial charge in [-0.2, -0.15) is 0 Å². The molecule has 1 unspecified atom stereocenters. The lowest BCUT2D eigenvalue weighted by Gasteiger charge is -2.34. The number of nitrogens with zero attached hydrogens (tertiary/aromatic N) is 6. The van der Waals surface area contributed by atoms with Crippen LogP contribution in [-0.4, -0.2) is 135 Å². The predicted octanol–water partition coefficient (Wildman–Crippen LogP) is 8.25. The fourth-order valence-corrected chi connectivity index (χ4v) is 10.8.